The van der Waals surface area contributed by atoms with Crippen LogP contribution in [0.2, 0.25) is 0 Å². The number of unbranched alkanes of at least 4 members (excludes halogenated alkanes) is 3. The van der Waals surface area contributed by atoms with Gasteiger partial charge in [0.25, 0.3) is 0 Å². The maximum Gasteiger partial charge on any atom is 0.0969 e. The summed E-state index contributed by atoms with van der Waals surface area (Å²) in [5.41, 5.74) is 0. The Morgan fingerprint density at radius 1 is 1.24 bits per heavy atom. The molecule has 3 heteroatoms. The monoisotopic (exact) mass is 244 g/mol. The molecule has 0 bridgehead atoms. The van der Waals surface area contributed by atoms with Crippen molar-refractivity contribution in [3.8, 4) is 0 Å². The molecule has 0 rings (SSSR count). The zero-order valence-electron chi connectivity index (χ0n) is 11.6. The van der Waals surface area contributed by atoms with Gasteiger partial charge in [-0.15, -0.1) is 0 Å². The van der Waals surface area contributed by atoms with Crippen LogP contribution in [0.4, 0.5) is 0 Å². The summed E-state index contributed by atoms with van der Waals surface area (Å²) in [6.07, 6.45) is 7.10. The van der Waals surface area contributed by atoms with E-state index in [1.165, 1.54) is 25.7 Å². The van der Waals surface area contributed by atoms with Crippen molar-refractivity contribution in [1.29, 1.82) is 0 Å². The van der Waals surface area contributed by atoms with Crippen LogP contribution in [0.25, 0.3) is 0 Å². The number of quaternary nitrogens is 1. The van der Waals surface area contributed by atoms with E-state index in [9.17, 15) is 5.11 Å². The van der Waals surface area contributed by atoms with Crippen molar-refractivity contribution in [2.45, 2.75) is 45.1 Å². The lowest BCUT2D eigenvalue weighted by molar-refractivity contribution is -0.904. The third-order valence-electron chi connectivity index (χ3n) is 3.33. The molecular formula is C14H30NO2+. The van der Waals surface area contributed by atoms with Crippen LogP contribution in [0.1, 0.15) is 39.0 Å². The maximum absolute atomic E-state index is 9.41. The Labute approximate surface area is 106 Å². The Bertz CT molecular complexity index is 197. The summed E-state index contributed by atoms with van der Waals surface area (Å²) in [6, 6.07) is 0. The summed E-state index contributed by atoms with van der Waals surface area (Å²) in [7, 11) is 2.21. The second kappa shape index (κ2) is 9.63. The van der Waals surface area contributed by atoms with Gasteiger partial charge in [-0.2, -0.15) is 0 Å². The average molecular weight is 244 g/mol. The second-order valence-corrected chi connectivity index (χ2v) is 5.22. The summed E-state index contributed by atoms with van der Waals surface area (Å²) >= 11 is 0. The highest BCUT2D eigenvalue weighted by Gasteiger charge is 2.20. The number of rotatable bonds is 11. The van der Waals surface area contributed by atoms with Crippen molar-refractivity contribution in [3.63, 3.8) is 0 Å². The van der Waals surface area contributed by atoms with Crippen molar-refractivity contribution in [2.75, 3.05) is 33.3 Å². The summed E-state index contributed by atoms with van der Waals surface area (Å²) in [5, 5.41) is 18.2. The Kier molecular flexibility index (Phi) is 9.41. The molecule has 2 N–H and O–H groups in total. The van der Waals surface area contributed by atoms with Gasteiger partial charge in [0.1, 0.15) is 0 Å². The number of aliphatic hydroxyl groups is 2. The lowest BCUT2D eigenvalue weighted by Gasteiger charge is -2.34. The molecule has 0 aliphatic carbocycles. The third-order valence-corrected chi connectivity index (χ3v) is 3.33. The molecule has 0 radical (unpaired) electrons. The number of aliphatic hydroxyl groups excluding tert-OH is 2. The molecule has 0 aromatic carbocycles. The average Bonchev–Trinajstić information content (AvgIpc) is 2.32. The molecule has 0 aromatic rings. The van der Waals surface area contributed by atoms with Crippen LogP contribution < -0.4 is 0 Å². The summed E-state index contributed by atoms with van der Waals surface area (Å²) in [5.74, 6) is 0. The number of likely N-dealkylation sites (N-methyl/N-ethyl adjacent to an activating group) is 1. The predicted molar refractivity (Wildman–Crippen MR) is 72.8 cm³/mol. The van der Waals surface area contributed by atoms with Gasteiger partial charge in [-0.3, -0.25) is 0 Å². The van der Waals surface area contributed by atoms with Crippen LogP contribution in [0.3, 0.4) is 0 Å². The van der Waals surface area contributed by atoms with Gasteiger partial charge >= 0.3 is 0 Å². The lowest BCUT2D eigenvalue weighted by atomic mass is 10.1. The molecule has 102 valence electrons. The molecule has 0 saturated heterocycles. The first-order valence-electron chi connectivity index (χ1n) is 6.81. The number of hydrogen-bond acceptors (Lipinski definition) is 2. The van der Waals surface area contributed by atoms with Gasteiger partial charge in [-0.1, -0.05) is 26.3 Å². The van der Waals surface area contributed by atoms with Crippen molar-refractivity contribution >= 4 is 0 Å². The van der Waals surface area contributed by atoms with Crippen LogP contribution in [0.15, 0.2) is 12.7 Å². The van der Waals surface area contributed by atoms with Gasteiger partial charge in [0.2, 0.25) is 0 Å². The first kappa shape index (κ1) is 16.6. The smallest absolute Gasteiger partial charge is 0.0969 e. The third kappa shape index (κ3) is 8.36. The highest BCUT2D eigenvalue weighted by Crippen LogP contribution is 2.10. The Morgan fingerprint density at radius 3 is 2.47 bits per heavy atom. The van der Waals surface area contributed by atoms with Gasteiger partial charge in [0, 0.05) is 6.42 Å². The van der Waals surface area contributed by atoms with Crippen molar-refractivity contribution in [3.05, 3.63) is 12.7 Å². The zero-order valence-corrected chi connectivity index (χ0v) is 11.6. The first-order valence-corrected chi connectivity index (χ1v) is 6.81. The topological polar surface area (TPSA) is 40.5 Å². The molecule has 0 aliphatic heterocycles. The fourth-order valence-corrected chi connectivity index (χ4v) is 2.08. The molecule has 0 spiro atoms. The Morgan fingerprint density at radius 2 is 1.94 bits per heavy atom. The highest BCUT2D eigenvalue weighted by atomic mass is 16.3. The summed E-state index contributed by atoms with van der Waals surface area (Å²) in [4.78, 5) is 0. The van der Waals surface area contributed by atoms with E-state index in [2.05, 4.69) is 20.6 Å². The highest BCUT2D eigenvalue weighted by molar-refractivity contribution is 4.66. The SMILES string of the molecule is C=CC[N+](C)(CCCCCC)CCC(O)CO. The van der Waals surface area contributed by atoms with E-state index < -0.39 is 6.10 Å². The first-order chi connectivity index (χ1) is 8.08. The van der Waals surface area contributed by atoms with Crippen LogP contribution >= 0.6 is 0 Å². The minimum absolute atomic E-state index is 0.135. The molecule has 0 amide bonds. The molecule has 0 aliphatic rings. The Balaban J connectivity index is 4.01. The fraction of sp³-hybridized carbons (Fsp3) is 0.857. The van der Waals surface area contributed by atoms with Crippen molar-refractivity contribution in [2.24, 2.45) is 0 Å². The molecular weight excluding hydrogens is 214 g/mol. The van der Waals surface area contributed by atoms with Gasteiger partial charge in [0.15, 0.2) is 0 Å². The van der Waals surface area contributed by atoms with Crippen LogP contribution in [-0.2, 0) is 0 Å². The van der Waals surface area contributed by atoms with Gasteiger partial charge in [0.05, 0.1) is 39.4 Å². The van der Waals surface area contributed by atoms with Gasteiger partial charge in [-0.25, -0.2) is 0 Å². The number of hydrogen-bond donors (Lipinski definition) is 2. The van der Waals surface area contributed by atoms with Crippen LogP contribution in [0, 0.1) is 0 Å². The van der Waals surface area contributed by atoms with E-state index in [0.29, 0.717) is 6.42 Å². The summed E-state index contributed by atoms with van der Waals surface area (Å²) in [6.45, 7) is 8.86. The van der Waals surface area contributed by atoms with Gasteiger partial charge in [-0.05, 0) is 18.9 Å². The molecule has 0 fully saturated rings. The number of nitrogens with zero attached hydrogens (tertiary/aromatic N) is 1. The molecule has 3 nitrogen and oxygen atoms in total. The molecule has 17 heavy (non-hydrogen) atoms. The molecule has 0 heterocycles. The van der Waals surface area contributed by atoms with E-state index >= 15 is 0 Å². The minimum atomic E-state index is -0.576. The quantitative estimate of drug-likeness (QED) is 0.331. The van der Waals surface area contributed by atoms with Crippen LogP contribution in [0.5, 0.6) is 0 Å². The van der Waals surface area contributed by atoms with E-state index in [0.717, 1.165) is 24.1 Å². The lowest BCUT2D eigenvalue weighted by Crippen LogP contribution is -2.46. The zero-order chi connectivity index (χ0) is 13.1. The van der Waals surface area contributed by atoms with Crippen molar-refractivity contribution < 1.29 is 14.7 Å². The predicted octanol–water partition coefficient (Wildman–Crippen LogP) is 1.94. The van der Waals surface area contributed by atoms with E-state index in [1.54, 1.807) is 0 Å². The second-order valence-electron chi connectivity index (χ2n) is 5.22. The maximum atomic E-state index is 9.41. The fourth-order valence-electron chi connectivity index (χ4n) is 2.08. The minimum Gasteiger partial charge on any atom is -0.394 e. The van der Waals surface area contributed by atoms with E-state index in [-0.39, 0.29) is 6.61 Å². The standard InChI is InChI=1S/C14H30NO2/c1-4-6-7-8-11-15(3,10-5-2)12-9-14(17)13-16/h5,14,16-17H,2,4,6-13H2,1,3H3/q+1. The molecule has 0 saturated carbocycles. The molecule has 2 atom stereocenters. The molecule has 0 aromatic heterocycles. The van der Waals surface area contributed by atoms with E-state index in [1.807, 2.05) is 6.08 Å². The Hall–Kier alpha value is -0.380. The van der Waals surface area contributed by atoms with Crippen LogP contribution in [-0.4, -0.2) is 54.1 Å². The normalized spacial score (nSPS) is 16.5. The van der Waals surface area contributed by atoms with Gasteiger partial charge < -0.3 is 14.7 Å². The summed E-state index contributed by atoms with van der Waals surface area (Å²) < 4.78 is 0.921. The van der Waals surface area contributed by atoms with E-state index in [4.69, 9.17) is 5.11 Å². The van der Waals surface area contributed by atoms with Crippen molar-refractivity contribution in [1.82, 2.24) is 0 Å². The largest absolute Gasteiger partial charge is 0.394 e. The molecule has 2 unspecified atom stereocenters.